The molecule has 0 amide bonds. The Morgan fingerprint density at radius 2 is 1.32 bits per heavy atom. The lowest BCUT2D eigenvalue weighted by atomic mass is 9.95. The average molecular weight is 347 g/mol. The first-order valence-electron chi connectivity index (χ1n) is 10.6. The van der Waals surface area contributed by atoms with Gasteiger partial charge in [0.25, 0.3) is 0 Å². The third kappa shape index (κ3) is 12.0. The fourth-order valence-corrected chi connectivity index (χ4v) is 3.67. The maximum Gasteiger partial charge on any atom is 0.0635 e. The van der Waals surface area contributed by atoms with Gasteiger partial charge in [0.1, 0.15) is 0 Å². The summed E-state index contributed by atoms with van der Waals surface area (Å²) in [7, 11) is 0. The number of hydrogen-bond donors (Lipinski definition) is 0. The van der Waals surface area contributed by atoms with Crippen LogP contribution in [0.15, 0.2) is 25.3 Å². The molecule has 0 radical (unpaired) electrons. The van der Waals surface area contributed by atoms with E-state index in [1.807, 2.05) is 12.2 Å². The van der Waals surface area contributed by atoms with Crippen LogP contribution in [0.4, 0.5) is 0 Å². The van der Waals surface area contributed by atoms with Gasteiger partial charge in [-0.15, -0.1) is 13.2 Å². The summed E-state index contributed by atoms with van der Waals surface area (Å²) in [6.07, 6.45) is 19.5. The third-order valence-corrected chi connectivity index (χ3v) is 5.11. The summed E-state index contributed by atoms with van der Waals surface area (Å²) in [5.41, 5.74) is 0. The van der Waals surface area contributed by atoms with Gasteiger partial charge in [0, 0.05) is 25.0 Å². The molecule has 25 heavy (non-hydrogen) atoms. The molecule has 0 rings (SSSR count). The molecule has 0 aliphatic heterocycles. The second kappa shape index (κ2) is 17.7. The fraction of sp³-hybridized carbons (Fsp3) is 0.783. The normalized spacial score (nSPS) is 13.4. The van der Waals surface area contributed by atoms with Crippen molar-refractivity contribution >= 4 is 0 Å². The molecular formula is C23H42N2. The van der Waals surface area contributed by atoms with Crippen LogP contribution in [0.3, 0.4) is 0 Å². The van der Waals surface area contributed by atoms with Crippen LogP contribution < -0.4 is 0 Å². The number of nitriles is 1. The van der Waals surface area contributed by atoms with E-state index in [2.05, 4.69) is 38.0 Å². The Kier molecular flexibility index (Phi) is 17.0. The molecule has 0 aromatic rings. The molecule has 0 aromatic heterocycles. The molecule has 0 saturated heterocycles. The Balaban J connectivity index is 5.12. The second-order valence-corrected chi connectivity index (χ2v) is 7.18. The molecular weight excluding hydrogens is 304 g/mol. The zero-order chi connectivity index (χ0) is 18.8. The molecule has 0 bridgehead atoms. The highest BCUT2D eigenvalue weighted by molar-refractivity contribution is 4.86. The van der Waals surface area contributed by atoms with Gasteiger partial charge in [-0.1, -0.05) is 64.5 Å². The first kappa shape index (κ1) is 23.9. The number of unbranched alkanes of at least 4 members (excludes halogenated alkanes) is 4. The molecule has 144 valence electrons. The highest BCUT2D eigenvalue weighted by Gasteiger charge is 2.24. The zero-order valence-electron chi connectivity index (χ0n) is 17.0. The minimum absolute atomic E-state index is 0.592. The summed E-state index contributed by atoms with van der Waals surface area (Å²) in [6, 6.07) is 3.56. The Morgan fingerprint density at radius 1 is 0.840 bits per heavy atom. The van der Waals surface area contributed by atoms with E-state index >= 15 is 0 Å². The predicted octanol–water partition coefficient (Wildman–Crippen LogP) is 7.03. The smallest absolute Gasteiger partial charge is 0.0635 e. The Morgan fingerprint density at radius 3 is 1.68 bits per heavy atom. The van der Waals surface area contributed by atoms with E-state index in [4.69, 9.17) is 5.26 Å². The number of allylic oxidation sites excluding steroid dienone is 2. The van der Waals surface area contributed by atoms with Gasteiger partial charge in [0.15, 0.2) is 0 Å². The van der Waals surface area contributed by atoms with E-state index in [0.29, 0.717) is 18.5 Å². The van der Waals surface area contributed by atoms with Gasteiger partial charge in [-0.3, -0.25) is 4.90 Å². The van der Waals surface area contributed by atoms with Gasteiger partial charge >= 0.3 is 0 Å². The van der Waals surface area contributed by atoms with E-state index in [0.717, 1.165) is 19.4 Å². The van der Waals surface area contributed by atoms with Crippen molar-refractivity contribution in [3.8, 4) is 6.07 Å². The van der Waals surface area contributed by atoms with Crippen molar-refractivity contribution in [3.63, 3.8) is 0 Å². The van der Waals surface area contributed by atoms with E-state index in [1.54, 1.807) is 0 Å². The maximum absolute atomic E-state index is 9.15. The SMILES string of the molecule is C=CCCC(CCCCC)N(CCC#N)C(CCC=C)CCCCC. The van der Waals surface area contributed by atoms with Gasteiger partial charge in [0.2, 0.25) is 0 Å². The van der Waals surface area contributed by atoms with Crippen molar-refractivity contribution in [2.24, 2.45) is 0 Å². The molecule has 2 nitrogen and oxygen atoms in total. The van der Waals surface area contributed by atoms with Crippen LogP contribution >= 0.6 is 0 Å². The minimum Gasteiger partial charge on any atom is -0.296 e. The quantitative estimate of drug-likeness (QED) is 0.197. The summed E-state index contributed by atoms with van der Waals surface area (Å²) in [5.74, 6) is 0. The largest absolute Gasteiger partial charge is 0.296 e. The molecule has 2 atom stereocenters. The highest BCUT2D eigenvalue weighted by atomic mass is 15.2. The fourth-order valence-electron chi connectivity index (χ4n) is 3.67. The first-order valence-corrected chi connectivity index (χ1v) is 10.6. The lowest BCUT2D eigenvalue weighted by molar-refractivity contribution is 0.106. The Bertz CT molecular complexity index is 330. The van der Waals surface area contributed by atoms with Crippen molar-refractivity contribution in [1.82, 2.24) is 4.90 Å². The van der Waals surface area contributed by atoms with Crippen LogP contribution in [0.5, 0.6) is 0 Å². The predicted molar refractivity (Wildman–Crippen MR) is 112 cm³/mol. The van der Waals surface area contributed by atoms with Crippen molar-refractivity contribution in [3.05, 3.63) is 25.3 Å². The van der Waals surface area contributed by atoms with Crippen molar-refractivity contribution < 1.29 is 0 Å². The molecule has 0 fully saturated rings. The molecule has 0 N–H and O–H groups in total. The van der Waals surface area contributed by atoms with Crippen LogP contribution in [0, 0.1) is 11.3 Å². The van der Waals surface area contributed by atoms with E-state index in [-0.39, 0.29) is 0 Å². The van der Waals surface area contributed by atoms with E-state index in [9.17, 15) is 0 Å². The third-order valence-electron chi connectivity index (χ3n) is 5.11. The molecule has 0 spiro atoms. The van der Waals surface area contributed by atoms with Crippen molar-refractivity contribution in [2.75, 3.05) is 6.54 Å². The summed E-state index contributed by atoms with van der Waals surface area (Å²) < 4.78 is 0. The first-order chi connectivity index (χ1) is 12.2. The number of rotatable bonds is 18. The molecule has 0 aliphatic carbocycles. The maximum atomic E-state index is 9.15. The van der Waals surface area contributed by atoms with Crippen LogP contribution in [0.2, 0.25) is 0 Å². The minimum atomic E-state index is 0.592. The van der Waals surface area contributed by atoms with Crippen LogP contribution in [0.25, 0.3) is 0 Å². The number of hydrogen-bond acceptors (Lipinski definition) is 2. The monoisotopic (exact) mass is 346 g/mol. The summed E-state index contributed by atoms with van der Waals surface area (Å²) in [4.78, 5) is 2.68. The van der Waals surface area contributed by atoms with Crippen molar-refractivity contribution in [2.45, 2.75) is 109 Å². The molecule has 2 heteroatoms. The zero-order valence-corrected chi connectivity index (χ0v) is 17.0. The van der Waals surface area contributed by atoms with Gasteiger partial charge in [0.05, 0.1) is 6.07 Å². The molecule has 0 heterocycles. The Labute approximate surface area is 158 Å². The molecule has 0 saturated carbocycles. The van der Waals surface area contributed by atoms with Crippen LogP contribution in [-0.4, -0.2) is 23.5 Å². The lowest BCUT2D eigenvalue weighted by Gasteiger charge is -2.38. The van der Waals surface area contributed by atoms with Gasteiger partial charge in [-0.2, -0.15) is 5.26 Å². The average Bonchev–Trinajstić information content (AvgIpc) is 2.63. The van der Waals surface area contributed by atoms with E-state index < -0.39 is 0 Å². The lowest BCUT2D eigenvalue weighted by Crippen LogP contribution is -2.44. The van der Waals surface area contributed by atoms with Gasteiger partial charge in [-0.05, 0) is 38.5 Å². The molecule has 0 aliphatic rings. The second-order valence-electron chi connectivity index (χ2n) is 7.18. The van der Waals surface area contributed by atoms with Crippen LogP contribution in [-0.2, 0) is 0 Å². The molecule has 0 aromatic carbocycles. The van der Waals surface area contributed by atoms with Gasteiger partial charge in [-0.25, -0.2) is 0 Å². The standard InChI is InChI=1S/C23H42N2/c1-5-9-13-18-22(16-11-7-3)25(21-15-20-24)23(17-12-8-4)19-14-10-6-2/h7-8,22-23H,3-6,9-19,21H2,1-2H3. The summed E-state index contributed by atoms with van der Waals surface area (Å²) in [5, 5.41) is 9.15. The van der Waals surface area contributed by atoms with Gasteiger partial charge < -0.3 is 0 Å². The topological polar surface area (TPSA) is 27.0 Å². The number of nitrogens with zero attached hydrogens (tertiary/aromatic N) is 2. The molecule has 2 unspecified atom stereocenters. The van der Waals surface area contributed by atoms with Crippen molar-refractivity contribution in [1.29, 1.82) is 5.26 Å². The summed E-state index contributed by atoms with van der Waals surface area (Å²) >= 11 is 0. The summed E-state index contributed by atoms with van der Waals surface area (Å²) in [6.45, 7) is 13.3. The Hall–Kier alpha value is -1.07. The van der Waals surface area contributed by atoms with E-state index in [1.165, 1.54) is 64.2 Å². The highest BCUT2D eigenvalue weighted by Crippen LogP contribution is 2.24. The van der Waals surface area contributed by atoms with Crippen LogP contribution in [0.1, 0.15) is 97.3 Å².